The highest BCUT2D eigenvalue weighted by molar-refractivity contribution is 5.68. The van der Waals surface area contributed by atoms with Crippen molar-refractivity contribution in [3.05, 3.63) is 23.0 Å². The minimum atomic E-state index is -1.04. The molecular formula is C12H16FNO4. The zero-order valence-electron chi connectivity index (χ0n) is 10.5. The minimum Gasteiger partial charge on any atom is -0.492 e. The second-order valence-electron chi connectivity index (χ2n) is 3.84. The van der Waals surface area contributed by atoms with E-state index in [1.807, 2.05) is 0 Å². The van der Waals surface area contributed by atoms with Gasteiger partial charge in [0.1, 0.15) is 0 Å². The fourth-order valence-electron chi connectivity index (χ4n) is 1.84. The second-order valence-corrected chi connectivity index (χ2v) is 3.84. The number of carboxylic acid groups (broad SMARTS) is 1. The molecule has 0 heterocycles. The molecule has 0 saturated carbocycles. The second kappa shape index (κ2) is 5.68. The average Bonchev–Trinajstić information content (AvgIpc) is 2.29. The van der Waals surface area contributed by atoms with Crippen LogP contribution in [0.2, 0.25) is 0 Å². The Bertz CT molecular complexity index is 462. The van der Waals surface area contributed by atoms with Gasteiger partial charge in [0.05, 0.1) is 20.6 Å². The number of methoxy groups -OCH3 is 2. The van der Waals surface area contributed by atoms with E-state index in [1.165, 1.54) is 20.3 Å². The first-order valence-electron chi connectivity index (χ1n) is 5.30. The van der Waals surface area contributed by atoms with E-state index in [0.29, 0.717) is 11.1 Å². The molecule has 0 aliphatic carbocycles. The predicted octanol–water partition coefficient (Wildman–Crippen LogP) is 1.63. The fourth-order valence-corrected chi connectivity index (χ4v) is 1.84. The van der Waals surface area contributed by atoms with Crippen LogP contribution >= 0.6 is 0 Å². The molecule has 0 amide bonds. The standard InChI is InChI=1S/C12H16FNO4/c1-6-7(9(14)5-10(15)16)4-8(13)12(18-3)11(6)17-2/h4,9H,5,14H2,1-3H3,(H,15,16). The van der Waals surface area contributed by atoms with Gasteiger partial charge >= 0.3 is 5.97 Å². The van der Waals surface area contributed by atoms with Crippen LogP contribution in [-0.2, 0) is 4.79 Å². The van der Waals surface area contributed by atoms with Gasteiger partial charge in [-0.3, -0.25) is 4.79 Å². The van der Waals surface area contributed by atoms with Crippen LogP contribution in [-0.4, -0.2) is 25.3 Å². The Morgan fingerprint density at radius 1 is 1.44 bits per heavy atom. The lowest BCUT2D eigenvalue weighted by Crippen LogP contribution is -2.17. The first-order valence-corrected chi connectivity index (χ1v) is 5.30. The van der Waals surface area contributed by atoms with E-state index in [1.54, 1.807) is 6.92 Å². The number of ether oxygens (including phenoxy) is 2. The number of carbonyl (C=O) groups is 1. The summed E-state index contributed by atoms with van der Waals surface area (Å²) in [6.07, 6.45) is -0.282. The molecule has 1 aromatic carbocycles. The topological polar surface area (TPSA) is 81.8 Å². The van der Waals surface area contributed by atoms with Gasteiger partial charge in [0, 0.05) is 6.04 Å². The molecule has 1 unspecified atom stereocenters. The molecule has 1 atom stereocenters. The number of carboxylic acids is 1. The summed E-state index contributed by atoms with van der Waals surface area (Å²) in [5.41, 5.74) is 6.71. The number of rotatable bonds is 5. The molecular weight excluding hydrogens is 241 g/mol. The summed E-state index contributed by atoms with van der Waals surface area (Å²) in [7, 11) is 2.72. The van der Waals surface area contributed by atoms with Gasteiger partial charge in [-0.15, -0.1) is 0 Å². The summed E-state index contributed by atoms with van der Waals surface area (Å²) >= 11 is 0. The number of aliphatic carboxylic acids is 1. The summed E-state index contributed by atoms with van der Waals surface area (Å²) < 4.78 is 23.7. The van der Waals surface area contributed by atoms with Crippen LogP contribution in [0.4, 0.5) is 4.39 Å². The van der Waals surface area contributed by atoms with Crippen molar-refractivity contribution in [2.24, 2.45) is 5.73 Å². The highest BCUT2D eigenvalue weighted by atomic mass is 19.1. The molecule has 0 bridgehead atoms. The number of benzene rings is 1. The third-order valence-corrected chi connectivity index (χ3v) is 2.68. The number of hydrogen-bond donors (Lipinski definition) is 2. The highest BCUT2D eigenvalue weighted by Crippen LogP contribution is 2.37. The normalized spacial score (nSPS) is 12.1. The quantitative estimate of drug-likeness (QED) is 0.837. The van der Waals surface area contributed by atoms with E-state index < -0.39 is 17.8 Å². The summed E-state index contributed by atoms with van der Waals surface area (Å²) in [5.74, 6) is -1.46. The van der Waals surface area contributed by atoms with E-state index in [9.17, 15) is 9.18 Å². The third-order valence-electron chi connectivity index (χ3n) is 2.68. The van der Waals surface area contributed by atoms with E-state index in [2.05, 4.69) is 0 Å². The number of halogens is 1. The highest BCUT2D eigenvalue weighted by Gasteiger charge is 2.21. The van der Waals surface area contributed by atoms with Gasteiger partial charge < -0.3 is 20.3 Å². The van der Waals surface area contributed by atoms with Gasteiger partial charge in [0.2, 0.25) is 0 Å². The Kier molecular flexibility index (Phi) is 4.49. The van der Waals surface area contributed by atoms with Crippen molar-refractivity contribution in [2.75, 3.05) is 14.2 Å². The largest absolute Gasteiger partial charge is 0.492 e. The summed E-state index contributed by atoms with van der Waals surface area (Å²) in [4.78, 5) is 10.6. The molecule has 0 aromatic heterocycles. The van der Waals surface area contributed by atoms with Crippen LogP contribution in [0.3, 0.4) is 0 Å². The Hall–Kier alpha value is -1.82. The van der Waals surface area contributed by atoms with Crippen molar-refractivity contribution >= 4 is 5.97 Å². The van der Waals surface area contributed by atoms with Crippen LogP contribution < -0.4 is 15.2 Å². The van der Waals surface area contributed by atoms with E-state index in [4.69, 9.17) is 20.3 Å². The number of nitrogens with two attached hydrogens (primary N) is 1. The molecule has 0 saturated heterocycles. The molecule has 0 aliphatic heterocycles. The van der Waals surface area contributed by atoms with Crippen molar-refractivity contribution in [3.63, 3.8) is 0 Å². The molecule has 0 fully saturated rings. The molecule has 18 heavy (non-hydrogen) atoms. The van der Waals surface area contributed by atoms with Crippen molar-refractivity contribution in [1.82, 2.24) is 0 Å². The molecule has 0 aliphatic rings. The lowest BCUT2D eigenvalue weighted by molar-refractivity contribution is -0.137. The van der Waals surface area contributed by atoms with Crippen molar-refractivity contribution < 1.29 is 23.8 Å². The first-order chi connectivity index (χ1) is 8.42. The maximum Gasteiger partial charge on any atom is 0.305 e. The maximum atomic E-state index is 13.8. The third kappa shape index (κ3) is 2.70. The fraction of sp³-hybridized carbons (Fsp3) is 0.417. The lowest BCUT2D eigenvalue weighted by Gasteiger charge is -2.18. The van der Waals surface area contributed by atoms with E-state index in [0.717, 1.165) is 0 Å². The predicted molar refractivity (Wildman–Crippen MR) is 63.4 cm³/mol. The average molecular weight is 257 g/mol. The summed E-state index contributed by atoms with van der Waals surface area (Å²) in [6.45, 7) is 1.68. The van der Waals surface area contributed by atoms with Crippen LogP contribution in [0.25, 0.3) is 0 Å². The van der Waals surface area contributed by atoms with Gasteiger partial charge in [-0.2, -0.15) is 0 Å². The Balaban J connectivity index is 3.30. The Morgan fingerprint density at radius 2 is 2.00 bits per heavy atom. The zero-order chi connectivity index (χ0) is 13.9. The molecule has 0 spiro atoms. The van der Waals surface area contributed by atoms with Gasteiger partial charge in [0.25, 0.3) is 0 Å². The van der Waals surface area contributed by atoms with E-state index >= 15 is 0 Å². The van der Waals surface area contributed by atoms with Gasteiger partial charge in [-0.25, -0.2) is 4.39 Å². The van der Waals surface area contributed by atoms with Crippen molar-refractivity contribution in [3.8, 4) is 11.5 Å². The number of hydrogen-bond acceptors (Lipinski definition) is 4. The molecule has 5 nitrogen and oxygen atoms in total. The summed E-state index contributed by atoms with van der Waals surface area (Å²) in [5, 5.41) is 8.70. The van der Waals surface area contributed by atoms with Crippen molar-refractivity contribution in [2.45, 2.75) is 19.4 Å². The van der Waals surface area contributed by atoms with Crippen LogP contribution in [0, 0.1) is 12.7 Å². The first kappa shape index (κ1) is 14.2. The smallest absolute Gasteiger partial charge is 0.305 e. The molecule has 1 aromatic rings. The Morgan fingerprint density at radius 3 is 2.44 bits per heavy atom. The zero-order valence-corrected chi connectivity index (χ0v) is 10.5. The molecule has 6 heteroatoms. The van der Waals surface area contributed by atoms with Gasteiger partial charge in [-0.1, -0.05) is 0 Å². The monoisotopic (exact) mass is 257 g/mol. The molecule has 3 N–H and O–H groups in total. The maximum absolute atomic E-state index is 13.8. The minimum absolute atomic E-state index is 0.0127. The van der Waals surface area contributed by atoms with Crippen LogP contribution in [0.5, 0.6) is 11.5 Å². The lowest BCUT2D eigenvalue weighted by atomic mass is 9.98. The summed E-state index contributed by atoms with van der Waals surface area (Å²) in [6, 6.07) is 0.390. The van der Waals surface area contributed by atoms with E-state index in [-0.39, 0.29) is 17.9 Å². The molecule has 100 valence electrons. The Labute approximate surface area is 104 Å². The van der Waals surface area contributed by atoms with Gasteiger partial charge in [0.15, 0.2) is 17.3 Å². The van der Waals surface area contributed by atoms with Crippen LogP contribution in [0.1, 0.15) is 23.6 Å². The van der Waals surface area contributed by atoms with Crippen molar-refractivity contribution in [1.29, 1.82) is 0 Å². The van der Waals surface area contributed by atoms with Crippen LogP contribution in [0.15, 0.2) is 6.07 Å². The molecule has 0 radical (unpaired) electrons. The molecule has 1 rings (SSSR count). The SMILES string of the molecule is COc1c(F)cc(C(N)CC(=O)O)c(C)c1OC. The van der Waals surface area contributed by atoms with Gasteiger partial charge in [-0.05, 0) is 24.1 Å².